The number of benzene rings is 1. The van der Waals surface area contributed by atoms with Gasteiger partial charge < -0.3 is 25.5 Å². The van der Waals surface area contributed by atoms with Crippen LogP contribution in [0.15, 0.2) is 29.2 Å². The summed E-state index contributed by atoms with van der Waals surface area (Å²) in [4.78, 5) is 38.8. The Hall–Kier alpha value is -3.47. The summed E-state index contributed by atoms with van der Waals surface area (Å²) in [6, 6.07) is 2.88. The molecule has 0 saturated heterocycles. The van der Waals surface area contributed by atoms with Crippen molar-refractivity contribution in [2.24, 2.45) is 0 Å². The van der Waals surface area contributed by atoms with Gasteiger partial charge in [-0.2, -0.15) is 0 Å². The Morgan fingerprint density at radius 2 is 2.10 bits per heavy atom. The minimum Gasteiger partial charge on any atom is -0.502 e. The molecule has 0 aliphatic carbocycles. The van der Waals surface area contributed by atoms with Crippen molar-refractivity contribution in [3.05, 3.63) is 63.1 Å². The monoisotopic (exact) mass is 422 g/mol. The highest BCUT2D eigenvalue weighted by atomic mass is 19.1. The zero-order valence-electron chi connectivity index (χ0n) is 16.1. The number of methoxy groups -OCH3 is 1. The fourth-order valence-electron chi connectivity index (χ4n) is 2.99. The van der Waals surface area contributed by atoms with Crippen molar-refractivity contribution in [2.75, 3.05) is 32.4 Å². The predicted octanol–water partition coefficient (Wildman–Crippen LogP) is 0.755. The number of nitrogens with zero attached hydrogens (tertiary/aromatic N) is 2. The van der Waals surface area contributed by atoms with Crippen molar-refractivity contribution in [1.82, 2.24) is 14.9 Å². The predicted molar refractivity (Wildman–Crippen MR) is 102 cm³/mol. The fourth-order valence-corrected chi connectivity index (χ4v) is 2.99. The molecule has 3 N–H and O–H groups in total. The Bertz CT molecular complexity index is 1040. The van der Waals surface area contributed by atoms with Gasteiger partial charge in [0.1, 0.15) is 23.9 Å². The number of aromatic hydroxyl groups is 1. The van der Waals surface area contributed by atoms with E-state index < -0.39 is 40.2 Å². The second-order valence-electron chi connectivity index (χ2n) is 6.59. The summed E-state index contributed by atoms with van der Waals surface area (Å²) >= 11 is 0. The minimum atomic E-state index is -1.03. The Labute approximate surface area is 169 Å². The van der Waals surface area contributed by atoms with E-state index in [0.29, 0.717) is 25.6 Å². The molecular weight excluding hydrogens is 402 g/mol. The molecule has 0 atom stereocenters. The van der Waals surface area contributed by atoms with Gasteiger partial charge in [0.2, 0.25) is 5.43 Å². The van der Waals surface area contributed by atoms with Crippen LogP contribution >= 0.6 is 0 Å². The highest BCUT2D eigenvalue weighted by molar-refractivity contribution is 5.99. The molecule has 9 nitrogen and oxygen atoms in total. The summed E-state index contributed by atoms with van der Waals surface area (Å²) in [5, 5.41) is 12.6. The minimum absolute atomic E-state index is 0.0204. The number of amides is 2. The Kier molecular flexibility index (Phi) is 6.31. The number of carbonyl (C=O) groups is 2. The van der Waals surface area contributed by atoms with E-state index in [1.807, 2.05) is 0 Å². The fraction of sp³-hybridized carbons (Fsp3) is 0.316. The van der Waals surface area contributed by atoms with Crippen LogP contribution in [0.2, 0.25) is 0 Å². The molecule has 1 aromatic carbocycles. The summed E-state index contributed by atoms with van der Waals surface area (Å²) in [5.41, 5.74) is 1.08. The molecule has 0 saturated carbocycles. The van der Waals surface area contributed by atoms with Gasteiger partial charge in [-0.05, 0) is 12.5 Å². The van der Waals surface area contributed by atoms with Crippen molar-refractivity contribution in [1.29, 1.82) is 0 Å². The highest BCUT2D eigenvalue weighted by Gasteiger charge is 2.30. The molecular formula is C19H20F2N4O5. The molecule has 0 spiro atoms. The number of nitrogens with one attached hydrogen (secondary N) is 2. The smallest absolute Gasteiger partial charge is 0.277 e. The molecule has 0 radical (unpaired) electrons. The quantitative estimate of drug-likeness (QED) is 0.568. The molecule has 30 heavy (non-hydrogen) atoms. The molecule has 1 aliphatic rings. The Morgan fingerprint density at radius 3 is 2.80 bits per heavy atom. The van der Waals surface area contributed by atoms with E-state index in [4.69, 9.17) is 4.74 Å². The standard InChI is InChI=1S/C19H20F2N4O5/c1-30-6-2-5-24-10-23-25-9-13(16(26)17(27)15(25)19(24)29)18(28)22-8-11-3-4-12(20)7-14(11)21/h3-4,7,9,23,27H,2,5-6,8,10H2,1H3,(H,22,28). The first-order valence-corrected chi connectivity index (χ1v) is 9.06. The van der Waals surface area contributed by atoms with Crippen molar-refractivity contribution in [3.63, 3.8) is 0 Å². The van der Waals surface area contributed by atoms with Gasteiger partial charge in [-0.3, -0.25) is 19.1 Å². The summed E-state index contributed by atoms with van der Waals surface area (Å²) < 4.78 is 32.7. The van der Waals surface area contributed by atoms with E-state index in [0.717, 1.165) is 16.9 Å². The van der Waals surface area contributed by atoms with Crippen molar-refractivity contribution in [3.8, 4) is 5.75 Å². The van der Waals surface area contributed by atoms with Crippen molar-refractivity contribution >= 4 is 11.8 Å². The number of hydrogen-bond acceptors (Lipinski definition) is 6. The van der Waals surface area contributed by atoms with Crippen LogP contribution in [0, 0.1) is 11.6 Å². The number of pyridine rings is 1. The lowest BCUT2D eigenvalue weighted by atomic mass is 10.1. The average molecular weight is 422 g/mol. The molecule has 2 aromatic rings. The SMILES string of the molecule is COCCCN1CNn2cc(C(=O)NCc3ccc(F)cc3F)c(=O)c(O)c2C1=O. The van der Waals surface area contributed by atoms with Crippen LogP contribution in [0.4, 0.5) is 8.78 Å². The maximum Gasteiger partial charge on any atom is 0.277 e. The molecule has 2 amide bonds. The third kappa shape index (κ3) is 4.25. The molecule has 1 aromatic heterocycles. The molecule has 0 unspecified atom stereocenters. The molecule has 11 heteroatoms. The number of carbonyl (C=O) groups excluding carboxylic acids is 2. The van der Waals surface area contributed by atoms with Crippen LogP contribution in [0.5, 0.6) is 5.75 Å². The van der Waals surface area contributed by atoms with Gasteiger partial charge in [-0.1, -0.05) is 6.07 Å². The van der Waals surface area contributed by atoms with Crippen LogP contribution in [0.3, 0.4) is 0 Å². The normalized spacial score (nSPS) is 13.0. The zero-order chi connectivity index (χ0) is 21.8. The van der Waals surface area contributed by atoms with Crippen molar-refractivity contribution in [2.45, 2.75) is 13.0 Å². The van der Waals surface area contributed by atoms with Gasteiger partial charge >= 0.3 is 0 Å². The number of hydrogen-bond donors (Lipinski definition) is 3. The first kappa shape index (κ1) is 21.2. The van der Waals surface area contributed by atoms with Crippen LogP contribution in [0.25, 0.3) is 0 Å². The lowest BCUT2D eigenvalue weighted by molar-refractivity contribution is 0.0702. The molecule has 2 heterocycles. The van der Waals surface area contributed by atoms with E-state index in [2.05, 4.69) is 10.7 Å². The topological polar surface area (TPSA) is 113 Å². The number of aromatic nitrogens is 1. The van der Waals surface area contributed by atoms with E-state index in [9.17, 15) is 28.3 Å². The molecule has 0 bridgehead atoms. The van der Waals surface area contributed by atoms with Crippen LogP contribution in [-0.4, -0.2) is 53.4 Å². The number of ether oxygens (including phenoxy) is 1. The van der Waals surface area contributed by atoms with Gasteiger partial charge in [0, 0.05) is 44.6 Å². The Morgan fingerprint density at radius 1 is 1.33 bits per heavy atom. The van der Waals surface area contributed by atoms with Crippen LogP contribution in [-0.2, 0) is 11.3 Å². The first-order chi connectivity index (χ1) is 14.3. The third-order valence-corrected chi connectivity index (χ3v) is 4.58. The van der Waals surface area contributed by atoms with Crippen molar-refractivity contribution < 1.29 is 28.2 Å². The van der Waals surface area contributed by atoms with E-state index >= 15 is 0 Å². The molecule has 1 aliphatic heterocycles. The Balaban J connectivity index is 1.79. The maximum absolute atomic E-state index is 13.7. The third-order valence-electron chi connectivity index (χ3n) is 4.58. The average Bonchev–Trinajstić information content (AvgIpc) is 2.71. The molecule has 3 rings (SSSR count). The van der Waals surface area contributed by atoms with E-state index in [-0.39, 0.29) is 24.5 Å². The zero-order valence-corrected chi connectivity index (χ0v) is 16.1. The number of fused-ring (bicyclic) bond motifs is 1. The summed E-state index contributed by atoms with van der Waals surface area (Å²) in [5.74, 6) is -3.93. The van der Waals surface area contributed by atoms with Gasteiger partial charge in [0.25, 0.3) is 11.8 Å². The molecule has 0 fully saturated rings. The van der Waals surface area contributed by atoms with E-state index in [1.54, 1.807) is 0 Å². The highest BCUT2D eigenvalue weighted by Crippen LogP contribution is 2.19. The summed E-state index contributed by atoms with van der Waals surface area (Å²) in [6.45, 7) is 0.585. The largest absolute Gasteiger partial charge is 0.502 e. The van der Waals surface area contributed by atoms with Crippen LogP contribution in [0.1, 0.15) is 32.8 Å². The number of halogens is 2. The lowest BCUT2D eigenvalue weighted by Crippen LogP contribution is -2.47. The first-order valence-electron chi connectivity index (χ1n) is 9.06. The van der Waals surface area contributed by atoms with Gasteiger partial charge in [0.05, 0.1) is 0 Å². The maximum atomic E-state index is 13.7. The van der Waals surface area contributed by atoms with Gasteiger partial charge in [-0.25, -0.2) is 8.78 Å². The van der Waals surface area contributed by atoms with Gasteiger partial charge in [-0.15, -0.1) is 0 Å². The second-order valence-corrected chi connectivity index (χ2v) is 6.59. The van der Waals surface area contributed by atoms with Crippen LogP contribution < -0.4 is 16.2 Å². The second kappa shape index (κ2) is 8.91. The lowest BCUT2D eigenvalue weighted by Gasteiger charge is -2.31. The summed E-state index contributed by atoms with van der Waals surface area (Å²) in [7, 11) is 1.54. The summed E-state index contributed by atoms with van der Waals surface area (Å²) in [6.07, 6.45) is 1.66. The van der Waals surface area contributed by atoms with Gasteiger partial charge in [0.15, 0.2) is 11.4 Å². The molecule has 160 valence electrons. The van der Waals surface area contributed by atoms with E-state index in [1.165, 1.54) is 18.1 Å². The number of rotatable bonds is 7.